The molecular weight excluding hydrogens is 164 g/mol. The molecule has 1 heterocycles. The van der Waals surface area contributed by atoms with Gasteiger partial charge in [-0.25, -0.2) is 0 Å². The Bertz CT molecular complexity index is 266. The molecule has 0 fully saturated rings. The Balaban J connectivity index is 2.32. The fourth-order valence-corrected chi connectivity index (χ4v) is 1.22. The van der Waals surface area contributed by atoms with Crippen LogP contribution in [-0.2, 0) is 6.54 Å². The molecule has 0 atom stereocenters. The predicted molar refractivity (Wildman–Crippen MR) is 51.7 cm³/mol. The Morgan fingerprint density at radius 3 is 2.92 bits per heavy atom. The molecule has 0 saturated carbocycles. The van der Waals surface area contributed by atoms with E-state index in [1.165, 1.54) is 6.42 Å². The highest BCUT2D eigenvalue weighted by molar-refractivity contribution is 5.73. The van der Waals surface area contributed by atoms with Crippen molar-refractivity contribution in [3.05, 3.63) is 18.0 Å². The molecule has 1 aromatic rings. The van der Waals surface area contributed by atoms with Gasteiger partial charge in [-0.2, -0.15) is 5.10 Å². The number of rotatable bonds is 5. The van der Waals surface area contributed by atoms with E-state index in [-0.39, 0.29) is 0 Å². The minimum Gasteiger partial charge on any atom is -0.298 e. The van der Waals surface area contributed by atoms with Crippen LogP contribution >= 0.6 is 0 Å². The maximum absolute atomic E-state index is 10.3. The molecule has 0 unspecified atom stereocenters. The average Bonchev–Trinajstić information content (AvgIpc) is 2.52. The van der Waals surface area contributed by atoms with Crippen LogP contribution < -0.4 is 0 Å². The van der Waals surface area contributed by atoms with Crippen LogP contribution in [0.5, 0.6) is 0 Å². The average molecular weight is 180 g/mol. The second-order valence-corrected chi connectivity index (χ2v) is 3.69. The second kappa shape index (κ2) is 4.80. The highest BCUT2D eigenvalue weighted by Gasteiger charge is 1.97. The van der Waals surface area contributed by atoms with Crippen LogP contribution in [-0.4, -0.2) is 16.1 Å². The summed E-state index contributed by atoms with van der Waals surface area (Å²) in [5.74, 6) is 0.737. The van der Waals surface area contributed by atoms with E-state index in [0.29, 0.717) is 5.56 Å². The van der Waals surface area contributed by atoms with Crippen LogP contribution in [0.25, 0.3) is 0 Å². The molecule has 0 aliphatic rings. The summed E-state index contributed by atoms with van der Waals surface area (Å²) in [4.78, 5) is 10.3. The zero-order chi connectivity index (χ0) is 9.68. The summed E-state index contributed by atoms with van der Waals surface area (Å²) in [6.07, 6.45) is 6.54. The van der Waals surface area contributed by atoms with Crippen LogP contribution in [0.4, 0.5) is 0 Å². The summed E-state index contributed by atoms with van der Waals surface area (Å²) >= 11 is 0. The lowest BCUT2D eigenvalue weighted by atomic mass is 10.1. The molecule has 0 aliphatic carbocycles. The van der Waals surface area contributed by atoms with Gasteiger partial charge in [-0.15, -0.1) is 0 Å². The van der Waals surface area contributed by atoms with Gasteiger partial charge in [0.15, 0.2) is 6.29 Å². The Hall–Kier alpha value is -1.12. The standard InChI is InChI=1S/C10H16N2O/c1-9(2)4-3-5-12-7-10(8-13)6-11-12/h6-9H,3-5H2,1-2H3. The summed E-state index contributed by atoms with van der Waals surface area (Å²) < 4.78 is 1.83. The van der Waals surface area contributed by atoms with E-state index in [2.05, 4.69) is 18.9 Å². The largest absolute Gasteiger partial charge is 0.298 e. The normalized spacial score (nSPS) is 10.7. The monoisotopic (exact) mass is 180 g/mol. The zero-order valence-electron chi connectivity index (χ0n) is 8.23. The first kappa shape index (κ1) is 9.96. The Morgan fingerprint density at radius 2 is 2.38 bits per heavy atom. The van der Waals surface area contributed by atoms with Crippen molar-refractivity contribution in [2.75, 3.05) is 0 Å². The summed E-state index contributed by atoms with van der Waals surface area (Å²) in [7, 11) is 0. The van der Waals surface area contributed by atoms with Gasteiger partial charge in [0.05, 0.1) is 11.8 Å². The lowest BCUT2D eigenvalue weighted by molar-refractivity contribution is 0.112. The molecule has 0 radical (unpaired) electrons. The van der Waals surface area contributed by atoms with Gasteiger partial charge in [0.2, 0.25) is 0 Å². The Kier molecular flexibility index (Phi) is 3.68. The predicted octanol–water partition coefficient (Wildman–Crippen LogP) is 2.13. The van der Waals surface area contributed by atoms with E-state index in [0.717, 1.165) is 25.2 Å². The topological polar surface area (TPSA) is 34.9 Å². The van der Waals surface area contributed by atoms with Crippen molar-refractivity contribution in [2.24, 2.45) is 5.92 Å². The third-order valence-corrected chi connectivity index (χ3v) is 1.96. The number of aryl methyl sites for hydroxylation is 1. The molecule has 0 amide bonds. The highest BCUT2D eigenvalue weighted by Crippen LogP contribution is 2.05. The number of aldehydes is 1. The van der Waals surface area contributed by atoms with Crippen LogP contribution in [0, 0.1) is 5.92 Å². The van der Waals surface area contributed by atoms with Crippen molar-refractivity contribution in [1.29, 1.82) is 0 Å². The van der Waals surface area contributed by atoms with E-state index in [4.69, 9.17) is 0 Å². The third kappa shape index (κ3) is 3.40. The lowest BCUT2D eigenvalue weighted by Crippen LogP contribution is -1.99. The molecule has 1 aromatic heterocycles. The van der Waals surface area contributed by atoms with Crippen LogP contribution in [0.3, 0.4) is 0 Å². The van der Waals surface area contributed by atoms with Crippen LogP contribution in [0.2, 0.25) is 0 Å². The molecule has 3 nitrogen and oxygen atoms in total. The van der Waals surface area contributed by atoms with E-state index in [9.17, 15) is 4.79 Å². The van der Waals surface area contributed by atoms with Crippen molar-refractivity contribution in [3.8, 4) is 0 Å². The third-order valence-electron chi connectivity index (χ3n) is 1.96. The quantitative estimate of drug-likeness (QED) is 0.650. The van der Waals surface area contributed by atoms with Crippen molar-refractivity contribution in [2.45, 2.75) is 33.2 Å². The smallest absolute Gasteiger partial charge is 0.153 e. The molecule has 0 saturated heterocycles. The van der Waals surface area contributed by atoms with Crippen molar-refractivity contribution >= 4 is 6.29 Å². The lowest BCUT2D eigenvalue weighted by Gasteiger charge is -2.03. The SMILES string of the molecule is CC(C)CCCn1cc(C=O)cn1. The minimum absolute atomic E-state index is 0.657. The molecule has 0 spiro atoms. The summed E-state index contributed by atoms with van der Waals surface area (Å²) in [6, 6.07) is 0. The molecule has 3 heteroatoms. The second-order valence-electron chi connectivity index (χ2n) is 3.69. The maximum atomic E-state index is 10.3. The summed E-state index contributed by atoms with van der Waals surface area (Å²) in [5.41, 5.74) is 0.657. The van der Waals surface area contributed by atoms with Gasteiger partial charge in [-0.1, -0.05) is 13.8 Å². The van der Waals surface area contributed by atoms with E-state index < -0.39 is 0 Å². The van der Waals surface area contributed by atoms with Crippen molar-refractivity contribution in [3.63, 3.8) is 0 Å². The Labute approximate surface area is 78.8 Å². The van der Waals surface area contributed by atoms with Gasteiger partial charge >= 0.3 is 0 Å². The molecule has 13 heavy (non-hydrogen) atoms. The number of hydrogen-bond acceptors (Lipinski definition) is 2. The van der Waals surface area contributed by atoms with Gasteiger partial charge in [0.25, 0.3) is 0 Å². The van der Waals surface area contributed by atoms with Crippen LogP contribution in [0.15, 0.2) is 12.4 Å². The maximum Gasteiger partial charge on any atom is 0.153 e. The fraction of sp³-hybridized carbons (Fsp3) is 0.600. The van der Waals surface area contributed by atoms with Gasteiger partial charge < -0.3 is 0 Å². The van der Waals surface area contributed by atoms with Gasteiger partial charge in [-0.3, -0.25) is 9.48 Å². The highest BCUT2D eigenvalue weighted by atomic mass is 16.1. The van der Waals surface area contributed by atoms with Gasteiger partial charge in [-0.05, 0) is 18.8 Å². The van der Waals surface area contributed by atoms with E-state index in [1.54, 1.807) is 12.4 Å². The minimum atomic E-state index is 0.657. The first-order chi connectivity index (χ1) is 6.22. The summed E-state index contributed by atoms with van der Waals surface area (Å²) in [6.45, 7) is 5.33. The number of aromatic nitrogens is 2. The fourth-order valence-electron chi connectivity index (χ4n) is 1.22. The molecule has 0 aliphatic heterocycles. The first-order valence-electron chi connectivity index (χ1n) is 4.70. The number of carbonyl (C=O) groups excluding carboxylic acids is 1. The molecular formula is C10H16N2O. The number of hydrogen-bond donors (Lipinski definition) is 0. The van der Waals surface area contributed by atoms with E-state index >= 15 is 0 Å². The molecule has 0 aromatic carbocycles. The molecule has 0 bridgehead atoms. The molecule has 72 valence electrons. The number of nitrogens with zero attached hydrogens (tertiary/aromatic N) is 2. The van der Waals surface area contributed by atoms with E-state index in [1.807, 2.05) is 4.68 Å². The first-order valence-corrected chi connectivity index (χ1v) is 4.70. The summed E-state index contributed by atoms with van der Waals surface area (Å²) in [5, 5.41) is 4.07. The Morgan fingerprint density at radius 1 is 1.62 bits per heavy atom. The number of carbonyl (C=O) groups is 1. The van der Waals surface area contributed by atoms with Crippen LogP contribution in [0.1, 0.15) is 37.0 Å². The van der Waals surface area contributed by atoms with Gasteiger partial charge in [0, 0.05) is 12.7 Å². The van der Waals surface area contributed by atoms with Gasteiger partial charge in [0.1, 0.15) is 0 Å². The molecule has 1 rings (SSSR count). The van der Waals surface area contributed by atoms with Crippen molar-refractivity contribution < 1.29 is 4.79 Å². The molecule has 0 N–H and O–H groups in total. The van der Waals surface area contributed by atoms with Crippen molar-refractivity contribution in [1.82, 2.24) is 9.78 Å². The zero-order valence-corrected chi connectivity index (χ0v) is 8.23.